The van der Waals surface area contributed by atoms with Gasteiger partial charge in [-0.25, -0.2) is 4.79 Å². The molecular formula is C16H14ClF3N2O3. The predicted octanol–water partition coefficient (Wildman–Crippen LogP) is 4.18. The second-order valence-electron chi connectivity index (χ2n) is 5.96. The fourth-order valence-electron chi connectivity index (χ4n) is 3.25. The van der Waals surface area contributed by atoms with Crippen LogP contribution in [0.3, 0.4) is 0 Å². The zero-order chi connectivity index (χ0) is 18.4. The molecule has 9 heteroatoms. The van der Waals surface area contributed by atoms with E-state index in [4.69, 9.17) is 11.6 Å². The van der Waals surface area contributed by atoms with Crippen LogP contribution < -0.4 is 0 Å². The van der Waals surface area contributed by atoms with Gasteiger partial charge in [-0.3, -0.25) is 4.79 Å². The summed E-state index contributed by atoms with van der Waals surface area (Å²) in [5, 5.41) is 9.68. The zero-order valence-corrected chi connectivity index (χ0v) is 13.6. The summed E-state index contributed by atoms with van der Waals surface area (Å²) in [6, 6.07) is 3.90. The second-order valence-corrected chi connectivity index (χ2v) is 6.39. The van der Waals surface area contributed by atoms with E-state index in [9.17, 15) is 27.9 Å². The first-order chi connectivity index (χ1) is 11.7. The number of Topliss-reactive ketones (excluding diaryl/α,β-unsaturated/α-hetero) is 1. The number of benzene rings is 1. The molecule has 1 saturated heterocycles. The molecule has 1 aliphatic rings. The Morgan fingerprint density at radius 1 is 1.32 bits per heavy atom. The van der Waals surface area contributed by atoms with E-state index in [1.165, 1.54) is 27.7 Å². The lowest BCUT2D eigenvalue weighted by Crippen LogP contribution is -2.36. The molecule has 3 rings (SSSR count). The molecular weight excluding hydrogens is 361 g/mol. The number of halogens is 4. The zero-order valence-electron chi connectivity index (χ0n) is 12.9. The van der Waals surface area contributed by atoms with Crippen LogP contribution in [0, 0.1) is 0 Å². The molecule has 0 radical (unpaired) electrons. The summed E-state index contributed by atoms with van der Waals surface area (Å²) in [7, 11) is 0. The summed E-state index contributed by atoms with van der Waals surface area (Å²) in [6.07, 6.45) is -3.63. The van der Waals surface area contributed by atoms with Crippen molar-refractivity contribution in [3.8, 4) is 0 Å². The third kappa shape index (κ3) is 3.30. The van der Waals surface area contributed by atoms with E-state index < -0.39 is 23.6 Å². The molecule has 1 amide bonds. The first-order valence-electron chi connectivity index (χ1n) is 7.58. The highest BCUT2D eigenvalue weighted by Gasteiger charge is 2.41. The molecule has 0 spiro atoms. The number of carbonyl (C=O) groups is 2. The third-order valence-corrected chi connectivity index (χ3v) is 4.61. The Kier molecular flexibility index (Phi) is 4.40. The molecule has 1 atom stereocenters. The Hall–Kier alpha value is -2.22. The predicted molar refractivity (Wildman–Crippen MR) is 85.1 cm³/mol. The molecule has 1 N–H and O–H groups in total. The molecule has 2 heterocycles. The molecule has 1 aliphatic heterocycles. The van der Waals surface area contributed by atoms with Crippen LogP contribution in [0.5, 0.6) is 0 Å². The lowest BCUT2D eigenvalue weighted by atomic mass is 10.1. The van der Waals surface area contributed by atoms with Crippen LogP contribution in [0.2, 0.25) is 5.02 Å². The number of aromatic nitrogens is 1. The molecule has 0 unspecified atom stereocenters. The van der Waals surface area contributed by atoms with Crippen molar-refractivity contribution in [3.63, 3.8) is 0 Å². The summed E-state index contributed by atoms with van der Waals surface area (Å²) < 4.78 is 40.0. The van der Waals surface area contributed by atoms with Gasteiger partial charge in [-0.1, -0.05) is 17.7 Å². The summed E-state index contributed by atoms with van der Waals surface area (Å²) in [6.45, 7) is 0.544. The number of carboxylic acid groups (broad SMARTS) is 1. The van der Waals surface area contributed by atoms with Gasteiger partial charge in [-0.05, 0) is 25.0 Å². The highest BCUT2D eigenvalue weighted by Crippen LogP contribution is 2.31. The van der Waals surface area contributed by atoms with Crippen molar-refractivity contribution in [2.45, 2.75) is 31.6 Å². The second kappa shape index (κ2) is 6.25. The van der Waals surface area contributed by atoms with Crippen LogP contribution in [0.25, 0.3) is 10.9 Å². The van der Waals surface area contributed by atoms with E-state index in [1.807, 2.05) is 0 Å². The smallest absolute Gasteiger partial charge is 0.454 e. The van der Waals surface area contributed by atoms with Crippen molar-refractivity contribution < 1.29 is 27.9 Å². The van der Waals surface area contributed by atoms with E-state index in [2.05, 4.69) is 0 Å². The minimum absolute atomic E-state index is 0.145. The van der Waals surface area contributed by atoms with Gasteiger partial charge in [0.15, 0.2) is 0 Å². The Balaban J connectivity index is 2.05. The van der Waals surface area contributed by atoms with E-state index in [1.54, 1.807) is 0 Å². The van der Waals surface area contributed by atoms with E-state index in [0.717, 1.165) is 6.20 Å². The van der Waals surface area contributed by atoms with Gasteiger partial charge in [0.25, 0.3) is 5.78 Å². The van der Waals surface area contributed by atoms with Gasteiger partial charge in [0, 0.05) is 29.7 Å². The van der Waals surface area contributed by atoms with Crippen LogP contribution in [0.15, 0.2) is 24.4 Å². The standard InChI is InChI=1S/C16H14ClF3N2O3/c17-9-3-4-11-12(14(23)16(18,19)20)8-21(13(11)6-9)7-10-2-1-5-22(10)15(24)25/h3-4,6,8,10H,1-2,5,7H2,(H,24,25)/t10-/m0/s1. The van der Waals surface area contributed by atoms with Crippen LogP contribution in [-0.4, -0.2) is 45.2 Å². The van der Waals surface area contributed by atoms with Crippen LogP contribution >= 0.6 is 11.6 Å². The quantitative estimate of drug-likeness (QED) is 0.820. The minimum Gasteiger partial charge on any atom is -0.465 e. The molecule has 0 aliphatic carbocycles. The average molecular weight is 375 g/mol. The Bertz CT molecular complexity index is 847. The Labute approximate surface area is 145 Å². The average Bonchev–Trinajstić information content (AvgIpc) is 3.11. The first-order valence-corrected chi connectivity index (χ1v) is 7.96. The summed E-state index contributed by atoms with van der Waals surface area (Å²) >= 11 is 5.94. The van der Waals surface area contributed by atoms with Gasteiger partial charge in [0.05, 0.1) is 17.1 Å². The molecule has 0 saturated carbocycles. The monoisotopic (exact) mass is 374 g/mol. The van der Waals surface area contributed by atoms with Crippen molar-refractivity contribution in [2.24, 2.45) is 0 Å². The molecule has 5 nitrogen and oxygen atoms in total. The third-order valence-electron chi connectivity index (χ3n) is 4.38. The fourth-order valence-corrected chi connectivity index (χ4v) is 3.42. The number of hydrogen-bond donors (Lipinski definition) is 1. The fraction of sp³-hybridized carbons (Fsp3) is 0.375. The highest BCUT2D eigenvalue weighted by molar-refractivity contribution is 6.31. The van der Waals surface area contributed by atoms with Crippen LogP contribution in [0.4, 0.5) is 18.0 Å². The number of fused-ring (bicyclic) bond motifs is 1. The van der Waals surface area contributed by atoms with Crippen molar-refractivity contribution >= 4 is 34.4 Å². The molecule has 25 heavy (non-hydrogen) atoms. The van der Waals surface area contributed by atoms with Crippen molar-refractivity contribution in [1.82, 2.24) is 9.47 Å². The van der Waals surface area contributed by atoms with Crippen LogP contribution in [-0.2, 0) is 6.54 Å². The van der Waals surface area contributed by atoms with Gasteiger partial charge in [0.1, 0.15) is 0 Å². The van der Waals surface area contributed by atoms with Crippen molar-refractivity contribution in [1.29, 1.82) is 0 Å². The topological polar surface area (TPSA) is 62.5 Å². The SMILES string of the molecule is O=C(O)N1CCC[C@H]1Cn1cc(C(=O)C(F)(F)F)c2ccc(Cl)cc21. The summed E-state index contributed by atoms with van der Waals surface area (Å²) in [5.41, 5.74) is -0.0867. The van der Waals surface area contributed by atoms with Crippen molar-refractivity contribution in [2.75, 3.05) is 6.54 Å². The largest absolute Gasteiger partial charge is 0.465 e. The van der Waals surface area contributed by atoms with Gasteiger partial charge in [-0.15, -0.1) is 0 Å². The summed E-state index contributed by atoms with van der Waals surface area (Å²) in [5.74, 6) is -1.93. The first kappa shape index (κ1) is 17.6. The molecule has 0 bridgehead atoms. The number of nitrogens with zero attached hydrogens (tertiary/aromatic N) is 2. The maximum atomic E-state index is 12.9. The van der Waals surface area contributed by atoms with Crippen LogP contribution in [0.1, 0.15) is 23.2 Å². The van der Waals surface area contributed by atoms with E-state index >= 15 is 0 Å². The van der Waals surface area contributed by atoms with Crippen molar-refractivity contribution in [3.05, 3.63) is 35.0 Å². The maximum Gasteiger partial charge on any atom is 0.454 e. The Morgan fingerprint density at radius 3 is 2.68 bits per heavy atom. The number of likely N-dealkylation sites (tertiary alicyclic amines) is 1. The number of ketones is 1. The number of alkyl halides is 3. The van der Waals surface area contributed by atoms with Gasteiger partial charge in [-0.2, -0.15) is 13.2 Å². The number of hydrogen-bond acceptors (Lipinski definition) is 2. The molecule has 1 fully saturated rings. The maximum absolute atomic E-state index is 12.9. The van der Waals surface area contributed by atoms with E-state index in [-0.39, 0.29) is 18.0 Å². The van der Waals surface area contributed by atoms with E-state index in [0.29, 0.717) is 29.9 Å². The lowest BCUT2D eigenvalue weighted by Gasteiger charge is -2.22. The normalized spacial score (nSPS) is 18.1. The molecule has 1 aromatic carbocycles. The van der Waals surface area contributed by atoms with Gasteiger partial charge in [0.2, 0.25) is 0 Å². The lowest BCUT2D eigenvalue weighted by molar-refractivity contribution is -0.0884. The minimum atomic E-state index is -4.99. The molecule has 2 aromatic rings. The summed E-state index contributed by atoms with van der Waals surface area (Å²) in [4.78, 5) is 24.2. The number of amides is 1. The van der Waals surface area contributed by atoms with Gasteiger partial charge < -0.3 is 14.6 Å². The Morgan fingerprint density at radius 2 is 2.04 bits per heavy atom. The number of carbonyl (C=O) groups excluding carboxylic acids is 1. The van der Waals surface area contributed by atoms with Gasteiger partial charge >= 0.3 is 12.3 Å². The molecule has 134 valence electrons. The number of rotatable bonds is 3. The molecule has 1 aromatic heterocycles. The highest BCUT2D eigenvalue weighted by atomic mass is 35.5.